The van der Waals surface area contributed by atoms with Crippen molar-refractivity contribution in [1.82, 2.24) is 5.32 Å². The molecular formula is C23H29NO2. The first-order valence-corrected chi connectivity index (χ1v) is 9.92. The molecule has 0 spiro atoms. The van der Waals surface area contributed by atoms with Crippen LogP contribution in [0.3, 0.4) is 0 Å². The molecular weight excluding hydrogens is 322 g/mol. The average molecular weight is 351 g/mol. The molecule has 0 radical (unpaired) electrons. The zero-order valence-electron chi connectivity index (χ0n) is 15.5. The van der Waals surface area contributed by atoms with Crippen LogP contribution in [0.1, 0.15) is 55.3 Å². The van der Waals surface area contributed by atoms with Crippen molar-refractivity contribution >= 4 is 0 Å². The monoisotopic (exact) mass is 351 g/mol. The Morgan fingerprint density at radius 1 is 1.08 bits per heavy atom. The van der Waals surface area contributed by atoms with Crippen molar-refractivity contribution in [3.05, 3.63) is 65.2 Å². The molecule has 0 aliphatic heterocycles. The molecule has 1 fully saturated rings. The fourth-order valence-corrected chi connectivity index (χ4v) is 4.50. The second-order valence-corrected chi connectivity index (χ2v) is 8.00. The Morgan fingerprint density at radius 3 is 2.77 bits per heavy atom. The molecule has 0 saturated heterocycles. The van der Waals surface area contributed by atoms with Crippen LogP contribution in [0.2, 0.25) is 0 Å². The van der Waals surface area contributed by atoms with E-state index < -0.39 is 0 Å². The summed E-state index contributed by atoms with van der Waals surface area (Å²) in [7, 11) is 0. The van der Waals surface area contributed by atoms with Crippen LogP contribution >= 0.6 is 0 Å². The van der Waals surface area contributed by atoms with Gasteiger partial charge in [0.2, 0.25) is 0 Å². The molecule has 0 aromatic heterocycles. The standard InChI is InChI=1S/C23H29NO2/c1-16-7-11-22(23(13-16)26-15-17-5-3-2-4-6-17)24-21-12-9-18-8-10-19(25)14-20(18)21/h2-6,8,10,14,16,21-25H,7,9,11-13,15H2,1H3. The predicted molar refractivity (Wildman–Crippen MR) is 104 cm³/mol. The van der Waals surface area contributed by atoms with E-state index in [0.717, 1.165) is 25.7 Å². The number of hydrogen-bond acceptors (Lipinski definition) is 3. The number of hydrogen-bond donors (Lipinski definition) is 2. The van der Waals surface area contributed by atoms with Crippen molar-refractivity contribution in [2.45, 2.75) is 63.8 Å². The zero-order chi connectivity index (χ0) is 17.9. The maximum atomic E-state index is 9.86. The highest BCUT2D eigenvalue weighted by Crippen LogP contribution is 2.36. The largest absolute Gasteiger partial charge is 0.508 e. The van der Waals surface area contributed by atoms with Crippen LogP contribution in [-0.2, 0) is 17.8 Å². The van der Waals surface area contributed by atoms with Gasteiger partial charge in [-0.3, -0.25) is 0 Å². The number of rotatable bonds is 5. The molecule has 3 heteroatoms. The van der Waals surface area contributed by atoms with Crippen LogP contribution in [0.5, 0.6) is 5.75 Å². The van der Waals surface area contributed by atoms with Crippen molar-refractivity contribution < 1.29 is 9.84 Å². The molecule has 4 unspecified atom stereocenters. The van der Waals surface area contributed by atoms with E-state index in [1.165, 1.54) is 23.1 Å². The molecule has 26 heavy (non-hydrogen) atoms. The second kappa shape index (κ2) is 7.81. The lowest BCUT2D eigenvalue weighted by Gasteiger charge is -2.37. The summed E-state index contributed by atoms with van der Waals surface area (Å²) >= 11 is 0. The first kappa shape index (κ1) is 17.6. The third-order valence-electron chi connectivity index (χ3n) is 5.98. The maximum absolute atomic E-state index is 9.86. The maximum Gasteiger partial charge on any atom is 0.115 e. The molecule has 0 bridgehead atoms. The van der Waals surface area contributed by atoms with E-state index in [9.17, 15) is 5.11 Å². The normalized spacial score (nSPS) is 28.0. The van der Waals surface area contributed by atoms with Crippen LogP contribution in [0.4, 0.5) is 0 Å². The van der Waals surface area contributed by atoms with Gasteiger partial charge in [0.05, 0.1) is 12.7 Å². The van der Waals surface area contributed by atoms with Gasteiger partial charge in [0, 0.05) is 12.1 Å². The van der Waals surface area contributed by atoms with Gasteiger partial charge in [-0.05, 0) is 66.8 Å². The highest BCUT2D eigenvalue weighted by atomic mass is 16.5. The first-order valence-electron chi connectivity index (χ1n) is 9.92. The number of ether oxygens (including phenoxy) is 1. The number of benzene rings is 2. The van der Waals surface area contributed by atoms with Crippen molar-refractivity contribution in [2.24, 2.45) is 5.92 Å². The molecule has 0 heterocycles. The molecule has 2 aliphatic rings. The Balaban J connectivity index is 1.43. The summed E-state index contributed by atoms with van der Waals surface area (Å²) in [6, 6.07) is 17.0. The summed E-state index contributed by atoms with van der Waals surface area (Å²) in [4.78, 5) is 0. The fourth-order valence-electron chi connectivity index (χ4n) is 4.50. The molecule has 2 aromatic carbocycles. The molecule has 4 rings (SSSR count). The molecule has 4 atom stereocenters. The van der Waals surface area contributed by atoms with E-state index in [0.29, 0.717) is 30.4 Å². The van der Waals surface area contributed by atoms with Gasteiger partial charge in [-0.15, -0.1) is 0 Å². The number of nitrogens with one attached hydrogen (secondary N) is 1. The molecule has 138 valence electrons. The predicted octanol–water partition coefficient (Wildman–Crippen LogP) is 4.74. The lowest BCUT2D eigenvalue weighted by molar-refractivity contribution is -0.0204. The molecule has 2 N–H and O–H groups in total. The van der Waals surface area contributed by atoms with Gasteiger partial charge in [0.15, 0.2) is 0 Å². The minimum atomic E-state index is 0.250. The van der Waals surface area contributed by atoms with Crippen LogP contribution in [-0.4, -0.2) is 17.3 Å². The minimum Gasteiger partial charge on any atom is -0.508 e. The third-order valence-corrected chi connectivity index (χ3v) is 5.98. The van der Waals surface area contributed by atoms with Crippen LogP contribution in [0, 0.1) is 5.92 Å². The van der Waals surface area contributed by atoms with E-state index >= 15 is 0 Å². The smallest absolute Gasteiger partial charge is 0.115 e. The van der Waals surface area contributed by atoms with Gasteiger partial charge in [-0.2, -0.15) is 0 Å². The Labute approximate surface area is 156 Å². The zero-order valence-corrected chi connectivity index (χ0v) is 15.5. The number of phenolic OH excluding ortho intramolecular Hbond substituents is 1. The van der Waals surface area contributed by atoms with Gasteiger partial charge in [0.1, 0.15) is 5.75 Å². The van der Waals surface area contributed by atoms with Crippen molar-refractivity contribution in [3.8, 4) is 5.75 Å². The van der Waals surface area contributed by atoms with Crippen molar-refractivity contribution in [3.63, 3.8) is 0 Å². The van der Waals surface area contributed by atoms with E-state index in [-0.39, 0.29) is 6.10 Å². The number of aryl methyl sites for hydroxylation is 1. The summed E-state index contributed by atoms with van der Waals surface area (Å²) in [5.74, 6) is 1.08. The van der Waals surface area contributed by atoms with Gasteiger partial charge >= 0.3 is 0 Å². The quantitative estimate of drug-likeness (QED) is 0.817. The number of fused-ring (bicyclic) bond motifs is 1. The third kappa shape index (κ3) is 3.94. The SMILES string of the molecule is CC1CCC(NC2CCc3ccc(O)cc32)C(OCc2ccccc2)C1. The summed E-state index contributed by atoms with van der Waals surface area (Å²) in [6.45, 7) is 3.01. The summed E-state index contributed by atoms with van der Waals surface area (Å²) in [5, 5.41) is 13.7. The topological polar surface area (TPSA) is 41.5 Å². The Bertz CT molecular complexity index is 730. The van der Waals surface area contributed by atoms with Crippen LogP contribution in [0.15, 0.2) is 48.5 Å². The molecule has 3 nitrogen and oxygen atoms in total. The van der Waals surface area contributed by atoms with Gasteiger partial charge in [-0.1, -0.05) is 43.3 Å². The lowest BCUT2D eigenvalue weighted by Crippen LogP contribution is -2.46. The summed E-state index contributed by atoms with van der Waals surface area (Å²) < 4.78 is 6.36. The van der Waals surface area contributed by atoms with E-state index in [1.54, 1.807) is 6.07 Å². The van der Waals surface area contributed by atoms with Crippen molar-refractivity contribution in [1.29, 1.82) is 0 Å². The minimum absolute atomic E-state index is 0.250. The van der Waals surface area contributed by atoms with E-state index in [4.69, 9.17) is 4.74 Å². The second-order valence-electron chi connectivity index (χ2n) is 8.00. The number of aromatic hydroxyl groups is 1. The Kier molecular flexibility index (Phi) is 5.28. The summed E-state index contributed by atoms with van der Waals surface area (Å²) in [6.07, 6.45) is 5.97. The Morgan fingerprint density at radius 2 is 1.92 bits per heavy atom. The van der Waals surface area contributed by atoms with Gasteiger partial charge < -0.3 is 15.2 Å². The highest BCUT2D eigenvalue weighted by molar-refractivity contribution is 5.40. The average Bonchev–Trinajstić information content (AvgIpc) is 3.05. The lowest BCUT2D eigenvalue weighted by atomic mass is 9.84. The summed E-state index contributed by atoms with van der Waals surface area (Å²) in [5.41, 5.74) is 3.87. The Hall–Kier alpha value is -1.84. The molecule has 2 aliphatic carbocycles. The van der Waals surface area contributed by atoms with Crippen LogP contribution in [0.25, 0.3) is 0 Å². The van der Waals surface area contributed by atoms with Crippen LogP contribution < -0.4 is 5.32 Å². The molecule has 0 amide bonds. The van der Waals surface area contributed by atoms with E-state index in [1.807, 2.05) is 12.1 Å². The first-order chi connectivity index (χ1) is 12.7. The number of phenols is 1. The van der Waals surface area contributed by atoms with Gasteiger partial charge in [-0.25, -0.2) is 0 Å². The highest BCUT2D eigenvalue weighted by Gasteiger charge is 2.33. The molecule has 2 aromatic rings. The van der Waals surface area contributed by atoms with E-state index in [2.05, 4.69) is 42.6 Å². The molecule has 1 saturated carbocycles. The van der Waals surface area contributed by atoms with Gasteiger partial charge in [0.25, 0.3) is 0 Å². The van der Waals surface area contributed by atoms with Crippen molar-refractivity contribution in [2.75, 3.05) is 0 Å². The fraction of sp³-hybridized carbons (Fsp3) is 0.478.